The maximum Gasteiger partial charge on any atom is 0.414 e. The van der Waals surface area contributed by atoms with Gasteiger partial charge in [0.25, 0.3) is 0 Å². The van der Waals surface area contributed by atoms with Crippen molar-refractivity contribution < 1.29 is 18.7 Å². The van der Waals surface area contributed by atoms with Crippen molar-refractivity contribution in [3.05, 3.63) is 59.4 Å². The fourth-order valence-electron chi connectivity index (χ4n) is 3.65. The zero-order chi connectivity index (χ0) is 19.7. The van der Waals surface area contributed by atoms with Crippen molar-refractivity contribution in [1.29, 1.82) is 0 Å². The maximum atomic E-state index is 14.9. The Kier molecular flexibility index (Phi) is 5.26. The maximum absolute atomic E-state index is 14.9. The van der Waals surface area contributed by atoms with Crippen LogP contribution >= 0.6 is 11.8 Å². The predicted molar refractivity (Wildman–Crippen MR) is 108 cm³/mol. The van der Waals surface area contributed by atoms with Crippen LogP contribution in [0, 0.1) is 5.82 Å². The summed E-state index contributed by atoms with van der Waals surface area (Å²) in [5, 5.41) is -0.0204. The molecule has 0 saturated carbocycles. The Morgan fingerprint density at radius 2 is 2.04 bits per heavy atom. The van der Waals surface area contributed by atoms with Gasteiger partial charge in [0.05, 0.1) is 17.9 Å². The third-order valence-corrected chi connectivity index (χ3v) is 6.01. The molecule has 2 aliphatic heterocycles. The number of benzene rings is 2. The summed E-state index contributed by atoms with van der Waals surface area (Å²) in [5.41, 5.74) is 3.53. The van der Waals surface area contributed by atoms with Crippen LogP contribution in [0.4, 0.5) is 20.6 Å². The van der Waals surface area contributed by atoms with Gasteiger partial charge in [-0.1, -0.05) is 36.0 Å². The van der Waals surface area contributed by atoms with Gasteiger partial charge in [0, 0.05) is 25.8 Å². The Hall–Kier alpha value is -2.54. The van der Waals surface area contributed by atoms with Crippen LogP contribution in [0.15, 0.2) is 42.5 Å². The number of rotatable bonds is 4. The molecular weight excluding hydrogens is 379 g/mol. The second-order valence-corrected chi connectivity index (χ2v) is 8.19. The van der Waals surface area contributed by atoms with Crippen molar-refractivity contribution in [3.63, 3.8) is 0 Å². The van der Waals surface area contributed by atoms with E-state index in [1.54, 1.807) is 12.1 Å². The van der Waals surface area contributed by atoms with Gasteiger partial charge in [-0.3, -0.25) is 9.69 Å². The molecule has 2 aromatic carbocycles. The number of thioether (sulfide) groups is 1. The minimum Gasteiger partial charge on any atom is -0.443 e. The number of hydrogen-bond acceptors (Lipinski definition) is 5. The zero-order valence-corrected chi connectivity index (χ0v) is 16.4. The lowest BCUT2D eigenvalue weighted by atomic mass is 9.99. The van der Waals surface area contributed by atoms with Crippen molar-refractivity contribution in [3.8, 4) is 0 Å². The monoisotopic (exact) mass is 400 g/mol. The third-order valence-electron chi connectivity index (χ3n) is 5.06. The first-order valence-corrected chi connectivity index (χ1v) is 10.2. The van der Waals surface area contributed by atoms with Crippen LogP contribution in [-0.2, 0) is 22.5 Å². The van der Waals surface area contributed by atoms with Crippen LogP contribution in [0.2, 0.25) is 0 Å². The Morgan fingerprint density at radius 3 is 2.79 bits per heavy atom. The molecule has 1 saturated heterocycles. The number of ether oxygens (including phenoxy) is 1. The molecule has 5 nitrogen and oxygen atoms in total. The summed E-state index contributed by atoms with van der Waals surface area (Å²) in [4.78, 5) is 26.7. The molecule has 0 aliphatic carbocycles. The van der Waals surface area contributed by atoms with E-state index in [0.29, 0.717) is 30.2 Å². The van der Waals surface area contributed by atoms with Gasteiger partial charge in [0.1, 0.15) is 11.9 Å². The highest BCUT2D eigenvalue weighted by Crippen LogP contribution is 2.31. The Morgan fingerprint density at radius 1 is 1.25 bits per heavy atom. The van der Waals surface area contributed by atoms with Crippen LogP contribution in [0.25, 0.3) is 0 Å². The number of nitrogens with zero attached hydrogens (tertiary/aromatic N) is 2. The first kappa shape index (κ1) is 18.8. The number of fused-ring (bicyclic) bond motifs is 1. The summed E-state index contributed by atoms with van der Waals surface area (Å²) < 4.78 is 20.2. The number of halogens is 1. The van der Waals surface area contributed by atoms with Gasteiger partial charge in [-0.25, -0.2) is 9.18 Å². The lowest BCUT2D eigenvalue weighted by molar-refractivity contribution is -0.109. The summed E-state index contributed by atoms with van der Waals surface area (Å²) in [6.07, 6.45) is 0.00151. The molecule has 2 aliphatic rings. The molecule has 0 bridgehead atoms. The van der Waals surface area contributed by atoms with Gasteiger partial charge in [0.15, 0.2) is 5.12 Å². The number of amides is 1. The summed E-state index contributed by atoms with van der Waals surface area (Å²) in [7, 11) is 0. The molecule has 1 fully saturated rings. The summed E-state index contributed by atoms with van der Waals surface area (Å²) in [6.45, 7) is 3.22. The zero-order valence-electron chi connectivity index (χ0n) is 15.6. The van der Waals surface area contributed by atoms with E-state index >= 15 is 0 Å². The van der Waals surface area contributed by atoms with Crippen LogP contribution < -0.4 is 9.80 Å². The van der Waals surface area contributed by atoms with Crippen LogP contribution in [-0.4, -0.2) is 36.2 Å². The highest BCUT2D eigenvalue weighted by molar-refractivity contribution is 8.13. The standard InChI is InChI=1S/C21H21FN2O3S/c1-14(25)28-13-18-12-24(21(26)27-18)17-6-7-20(19(22)10-17)23-9-8-15-4-2-3-5-16(15)11-23/h2-7,10,18H,8-9,11-13H2,1H3/t18-/m1/s1. The van der Waals surface area contributed by atoms with E-state index in [2.05, 4.69) is 12.1 Å². The fourth-order valence-corrected chi connectivity index (χ4v) is 4.25. The molecule has 146 valence electrons. The predicted octanol–water partition coefficient (Wildman–Crippen LogP) is 3.99. The first-order chi connectivity index (χ1) is 13.5. The van der Waals surface area contributed by atoms with E-state index < -0.39 is 6.09 Å². The van der Waals surface area contributed by atoms with E-state index in [1.165, 1.54) is 29.0 Å². The van der Waals surface area contributed by atoms with Crippen LogP contribution in [0.3, 0.4) is 0 Å². The number of carbonyl (C=O) groups is 2. The largest absolute Gasteiger partial charge is 0.443 e. The van der Waals surface area contributed by atoms with Gasteiger partial charge in [-0.05, 0) is 35.7 Å². The van der Waals surface area contributed by atoms with Gasteiger partial charge >= 0.3 is 6.09 Å². The van der Waals surface area contributed by atoms with Crippen LogP contribution in [0.5, 0.6) is 0 Å². The normalized spacial score (nSPS) is 18.8. The van der Waals surface area contributed by atoms with Crippen molar-refractivity contribution in [1.82, 2.24) is 0 Å². The molecule has 4 rings (SSSR count). The number of anilines is 2. The van der Waals surface area contributed by atoms with Crippen molar-refractivity contribution >= 4 is 34.3 Å². The molecule has 28 heavy (non-hydrogen) atoms. The molecule has 0 spiro atoms. The number of cyclic esters (lactones) is 1. The third kappa shape index (κ3) is 3.85. The Bertz CT molecular complexity index is 920. The SMILES string of the molecule is CC(=O)SC[C@H]1CN(c2ccc(N3CCc4ccccc4C3)c(F)c2)C(=O)O1. The Labute approximate surface area is 167 Å². The van der Waals surface area contributed by atoms with Crippen molar-refractivity contribution in [2.45, 2.75) is 26.0 Å². The molecular formula is C21H21FN2O3S. The summed E-state index contributed by atoms with van der Waals surface area (Å²) in [6, 6.07) is 13.1. The van der Waals surface area contributed by atoms with Gasteiger partial charge in [-0.2, -0.15) is 0 Å². The van der Waals surface area contributed by atoms with Crippen molar-refractivity contribution in [2.75, 3.05) is 28.6 Å². The molecule has 0 radical (unpaired) electrons. The summed E-state index contributed by atoms with van der Waals surface area (Å²) >= 11 is 1.12. The molecule has 0 aromatic heterocycles. The second kappa shape index (κ2) is 7.83. The van der Waals surface area contributed by atoms with E-state index in [4.69, 9.17) is 4.74 Å². The Balaban J connectivity index is 1.48. The second-order valence-electron chi connectivity index (χ2n) is 6.99. The molecule has 0 unspecified atom stereocenters. The number of hydrogen-bond donors (Lipinski definition) is 0. The summed E-state index contributed by atoms with van der Waals surface area (Å²) in [5.74, 6) is 0.0527. The van der Waals surface area contributed by atoms with Crippen LogP contribution in [0.1, 0.15) is 18.1 Å². The van der Waals surface area contributed by atoms with Gasteiger partial charge in [0.2, 0.25) is 0 Å². The average molecular weight is 400 g/mol. The fraction of sp³-hybridized carbons (Fsp3) is 0.333. The quantitative estimate of drug-likeness (QED) is 0.777. The molecule has 1 amide bonds. The average Bonchev–Trinajstić information content (AvgIpc) is 3.06. The molecule has 2 aromatic rings. The highest BCUT2D eigenvalue weighted by atomic mass is 32.2. The van der Waals surface area contributed by atoms with E-state index in [-0.39, 0.29) is 17.0 Å². The van der Waals surface area contributed by atoms with E-state index in [9.17, 15) is 14.0 Å². The van der Waals surface area contributed by atoms with Crippen molar-refractivity contribution in [2.24, 2.45) is 0 Å². The molecule has 0 N–H and O–H groups in total. The van der Waals surface area contributed by atoms with Gasteiger partial charge < -0.3 is 9.64 Å². The topological polar surface area (TPSA) is 49.9 Å². The highest BCUT2D eigenvalue weighted by Gasteiger charge is 2.33. The lowest BCUT2D eigenvalue weighted by Crippen LogP contribution is -2.31. The molecule has 2 heterocycles. The molecule has 7 heteroatoms. The minimum atomic E-state index is -0.506. The smallest absolute Gasteiger partial charge is 0.414 e. The lowest BCUT2D eigenvalue weighted by Gasteiger charge is -2.31. The van der Waals surface area contributed by atoms with E-state index in [1.807, 2.05) is 17.0 Å². The number of carbonyl (C=O) groups excluding carboxylic acids is 2. The van der Waals surface area contributed by atoms with Gasteiger partial charge in [-0.15, -0.1) is 0 Å². The van der Waals surface area contributed by atoms with E-state index in [0.717, 1.165) is 24.7 Å². The minimum absolute atomic E-state index is 0.0204. The first-order valence-electron chi connectivity index (χ1n) is 9.24. The molecule has 1 atom stereocenters.